The van der Waals surface area contributed by atoms with Crippen LogP contribution in [-0.4, -0.2) is 15.2 Å². The zero-order valence-electron chi connectivity index (χ0n) is 18.7. The lowest BCUT2D eigenvalue weighted by Gasteiger charge is -2.14. The molecule has 0 spiro atoms. The average Bonchev–Trinajstić information content (AvgIpc) is 3.13. The number of hydrogen-bond donors (Lipinski definition) is 2. The van der Waals surface area contributed by atoms with Crippen molar-refractivity contribution in [2.24, 2.45) is 0 Å². The molecule has 13 heteroatoms. The van der Waals surface area contributed by atoms with Gasteiger partial charge in [0.1, 0.15) is 5.69 Å². The van der Waals surface area contributed by atoms with Crippen LogP contribution in [-0.2, 0) is 12.4 Å². The highest BCUT2D eigenvalue weighted by atomic mass is 32.2. The lowest BCUT2D eigenvalue weighted by atomic mass is 10.1. The van der Waals surface area contributed by atoms with Crippen molar-refractivity contribution in [2.75, 3.05) is 5.32 Å². The van der Waals surface area contributed by atoms with E-state index in [1.165, 1.54) is 30.3 Å². The quantitative estimate of drug-likeness (QED) is 0.188. The summed E-state index contributed by atoms with van der Waals surface area (Å²) < 4.78 is 118. The van der Waals surface area contributed by atoms with E-state index in [0.29, 0.717) is 0 Å². The Labute approximate surface area is 213 Å². The predicted molar refractivity (Wildman–Crippen MR) is 125 cm³/mol. The Balaban J connectivity index is 1.80. The van der Waals surface area contributed by atoms with Crippen LogP contribution in [0, 0.1) is 0 Å². The molecule has 2 N–H and O–H groups in total. The molecule has 1 heterocycles. The molecule has 0 fully saturated rings. The molecule has 0 amide bonds. The molecule has 4 aromatic rings. The molecule has 4 rings (SSSR count). The number of nitrogens with zero attached hydrogens (tertiary/aromatic N) is 1. The summed E-state index contributed by atoms with van der Waals surface area (Å²) in [7, 11) is 0. The van der Waals surface area contributed by atoms with Gasteiger partial charge in [-0.25, -0.2) is 0 Å². The molecule has 0 radical (unpaired) electrons. The summed E-state index contributed by atoms with van der Waals surface area (Å²) in [6.45, 7) is 0. The number of alkyl halides is 9. The molecule has 200 valence electrons. The van der Waals surface area contributed by atoms with Crippen molar-refractivity contribution in [3.05, 3.63) is 90.0 Å². The molecule has 0 atom stereocenters. The van der Waals surface area contributed by atoms with Crippen LogP contribution < -0.4 is 5.32 Å². The largest absolute Gasteiger partial charge is 0.493 e. The molecule has 1 aromatic heterocycles. The van der Waals surface area contributed by atoms with Gasteiger partial charge in [-0.3, -0.25) is 4.57 Å². The van der Waals surface area contributed by atoms with Crippen LogP contribution >= 0.6 is 11.8 Å². The Morgan fingerprint density at radius 3 is 1.76 bits per heavy atom. The maximum Gasteiger partial charge on any atom is 0.446 e. The number of thioether (sulfide) groups is 1. The van der Waals surface area contributed by atoms with Gasteiger partial charge in [-0.15, -0.1) is 0 Å². The van der Waals surface area contributed by atoms with Crippen molar-refractivity contribution in [2.45, 2.75) is 22.8 Å². The summed E-state index contributed by atoms with van der Waals surface area (Å²) in [5, 5.41) is 13.7. The molecule has 0 unspecified atom stereocenters. The SMILES string of the molecule is Oc1c(Nc2ccc(C(F)(F)F)cc2)cc(-c2cccc(SC(F)(F)F)c2)n1-c1ccc(C(F)(F)F)cc1. The predicted octanol–water partition coefficient (Wildman–Crippen LogP) is 9.24. The van der Waals surface area contributed by atoms with Gasteiger partial charge in [0.15, 0.2) is 0 Å². The van der Waals surface area contributed by atoms with Gasteiger partial charge < -0.3 is 10.4 Å². The highest BCUT2D eigenvalue weighted by Crippen LogP contribution is 2.42. The standard InChI is InChI=1S/C25H15F9N2OS/c26-23(27,28)15-4-8-17(9-5-15)35-20-13-21(14-2-1-3-19(12-14)38-25(32,33)34)36(22(20)37)18-10-6-16(7-11-18)24(29,30)31/h1-13,35,37H. The van der Waals surface area contributed by atoms with Gasteiger partial charge in [-0.2, -0.15) is 39.5 Å². The third-order valence-corrected chi connectivity index (χ3v) is 6.00. The number of hydrogen-bond acceptors (Lipinski definition) is 3. The maximum absolute atomic E-state index is 13.0. The van der Waals surface area contributed by atoms with Gasteiger partial charge >= 0.3 is 17.9 Å². The highest BCUT2D eigenvalue weighted by Gasteiger charge is 2.32. The van der Waals surface area contributed by atoms with E-state index in [1.807, 2.05) is 0 Å². The van der Waals surface area contributed by atoms with Gasteiger partial charge in [0.25, 0.3) is 0 Å². The molecule has 3 aromatic carbocycles. The zero-order valence-corrected chi connectivity index (χ0v) is 19.5. The van der Waals surface area contributed by atoms with Gasteiger partial charge in [0, 0.05) is 16.3 Å². The molecule has 3 nitrogen and oxygen atoms in total. The first-order valence-corrected chi connectivity index (χ1v) is 11.4. The number of anilines is 2. The normalized spacial score (nSPS) is 12.6. The minimum atomic E-state index is -4.63. The van der Waals surface area contributed by atoms with E-state index >= 15 is 0 Å². The van der Waals surface area contributed by atoms with Crippen molar-refractivity contribution in [1.82, 2.24) is 4.57 Å². The third kappa shape index (κ3) is 6.21. The molecule has 0 aliphatic carbocycles. The first-order chi connectivity index (χ1) is 17.6. The summed E-state index contributed by atoms with van der Waals surface area (Å²) in [5.74, 6) is -0.534. The molecule has 0 aliphatic rings. The molecule has 0 bridgehead atoms. The number of aromatic hydroxyl groups is 1. The van der Waals surface area contributed by atoms with Gasteiger partial charge in [0.2, 0.25) is 5.88 Å². The summed E-state index contributed by atoms with van der Waals surface area (Å²) in [5.41, 5.74) is -5.99. The van der Waals surface area contributed by atoms with E-state index in [2.05, 4.69) is 5.32 Å². The van der Waals surface area contributed by atoms with Crippen LogP contribution in [0.15, 0.2) is 83.8 Å². The molecular weight excluding hydrogens is 547 g/mol. The fourth-order valence-electron chi connectivity index (χ4n) is 3.62. The van der Waals surface area contributed by atoms with Crippen LogP contribution in [0.5, 0.6) is 5.88 Å². The zero-order chi connectivity index (χ0) is 27.9. The minimum absolute atomic E-state index is 0.0477. The first kappa shape index (κ1) is 27.3. The molecular formula is C25H15F9N2OS. The maximum atomic E-state index is 13.0. The van der Waals surface area contributed by atoms with Gasteiger partial charge in [-0.05, 0) is 84.1 Å². The Bertz CT molecular complexity index is 1420. The molecule has 0 saturated carbocycles. The van der Waals surface area contributed by atoms with Crippen LogP contribution in [0.4, 0.5) is 50.9 Å². The number of benzene rings is 3. The van der Waals surface area contributed by atoms with E-state index in [-0.39, 0.29) is 45.0 Å². The second-order valence-electron chi connectivity index (χ2n) is 7.92. The second kappa shape index (κ2) is 9.86. The first-order valence-electron chi connectivity index (χ1n) is 10.5. The number of rotatable bonds is 5. The van der Waals surface area contributed by atoms with E-state index < -0.39 is 34.9 Å². The highest BCUT2D eigenvalue weighted by molar-refractivity contribution is 8.00. The van der Waals surface area contributed by atoms with Crippen LogP contribution in [0.1, 0.15) is 11.1 Å². The van der Waals surface area contributed by atoms with E-state index in [0.717, 1.165) is 53.1 Å². The van der Waals surface area contributed by atoms with Crippen LogP contribution in [0.2, 0.25) is 0 Å². The summed E-state index contributed by atoms with van der Waals surface area (Å²) >= 11 is -0.371. The Morgan fingerprint density at radius 2 is 1.24 bits per heavy atom. The lowest BCUT2D eigenvalue weighted by molar-refractivity contribution is -0.138. The molecule has 0 saturated heterocycles. The van der Waals surface area contributed by atoms with Crippen molar-refractivity contribution in [3.63, 3.8) is 0 Å². The molecule has 0 aliphatic heterocycles. The second-order valence-corrected chi connectivity index (χ2v) is 9.06. The Kier molecular flexibility index (Phi) is 7.08. The van der Waals surface area contributed by atoms with Crippen LogP contribution in [0.3, 0.4) is 0 Å². The van der Waals surface area contributed by atoms with Gasteiger partial charge in [-0.1, -0.05) is 12.1 Å². The monoisotopic (exact) mass is 562 g/mol. The summed E-state index contributed by atoms with van der Waals surface area (Å²) in [4.78, 5) is -0.174. The third-order valence-electron chi connectivity index (χ3n) is 5.28. The summed E-state index contributed by atoms with van der Waals surface area (Å²) in [6.07, 6.45) is -9.20. The van der Waals surface area contributed by atoms with E-state index in [1.54, 1.807) is 0 Å². The molecule has 38 heavy (non-hydrogen) atoms. The number of aromatic nitrogens is 1. The van der Waals surface area contributed by atoms with E-state index in [9.17, 15) is 44.6 Å². The van der Waals surface area contributed by atoms with Crippen molar-refractivity contribution in [3.8, 4) is 22.8 Å². The fraction of sp³-hybridized carbons (Fsp3) is 0.120. The topological polar surface area (TPSA) is 37.2 Å². The van der Waals surface area contributed by atoms with Crippen LogP contribution in [0.25, 0.3) is 16.9 Å². The number of halogens is 9. The lowest BCUT2D eigenvalue weighted by Crippen LogP contribution is -2.05. The Hall–Kier alpha value is -3.74. The fourth-order valence-corrected chi connectivity index (χ4v) is 4.22. The smallest absolute Gasteiger partial charge is 0.446 e. The summed E-state index contributed by atoms with van der Waals surface area (Å²) in [6, 6.07) is 14.0. The Morgan fingerprint density at radius 1 is 0.684 bits per heavy atom. The van der Waals surface area contributed by atoms with Crippen molar-refractivity contribution < 1.29 is 44.6 Å². The average molecular weight is 562 g/mol. The minimum Gasteiger partial charge on any atom is -0.493 e. The van der Waals surface area contributed by atoms with Crippen molar-refractivity contribution in [1.29, 1.82) is 0 Å². The van der Waals surface area contributed by atoms with Gasteiger partial charge in [0.05, 0.1) is 16.8 Å². The number of nitrogens with one attached hydrogen (secondary N) is 1. The van der Waals surface area contributed by atoms with E-state index in [4.69, 9.17) is 0 Å². The van der Waals surface area contributed by atoms with Crippen molar-refractivity contribution >= 4 is 23.1 Å².